The second-order valence-corrected chi connectivity index (χ2v) is 10.4. The summed E-state index contributed by atoms with van der Waals surface area (Å²) in [6.07, 6.45) is 6.75. The molecule has 0 aromatic heterocycles. The summed E-state index contributed by atoms with van der Waals surface area (Å²) < 4.78 is 11.8. The molecule has 3 rings (SSSR count). The van der Waals surface area contributed by atoms with Gasteiger partial charge in [-0.25, -0.2) is 4.79 Å². The molecule has 0 radical (unpaired) electrons. The third-order valence-electron chi connectivity index (χ3n) is 6.30. The zero-order valence-corrected chi connectivity index (χ0v) is 21.4. The average Bonchev–Trinajstić information content (AvgIpc) is 3.11. The van der Waals surface area contributed by atoms with Crippen LogP contribution in [0.15, 0.2) is 18.2 Å². The van der Waals surface area contributed by atoms with Crippen LogP contribution >= 0.6 is 0 Å². The van der Waals surface area contributed by atoms with Gasteiger partial charge in [0.1, 0.15) is 17.4 Å². The molecule has 2 heterocycles. The number of hydrogen-bond acceptors (Lipinski definition) is 6. The second-order valence-electron chi connectivity index (χ2n) is 10.4. The minimum Gasteiger partial charge on any atom is -0.478 e. The Labute approximate surface area is 207 Å². The van der Waals surface area contributed by atoms with Crippen LogP contribution in [0.4, 0.5) is 0 Å². The van der Waals surface area contributed by atoms with Gasteiger partial charge in [-0.05, 0) is 52.2 Å². The molecular formula is C27H38N2O6. The summed E-state index contributed by atoms with van der Waals surface area (Å²) in [5, 5.41) is 2.31. The Hall–Kier alpha value is -2.90. The van der Waals surface area contributed by atoms with Crippen LogP contribution in [-0.4, -0.2) is 46.3 Å². The summed E-state index contributed by atoms with van der Waals surface area (Å²) in [5.41, 5.74) is 0.463. The molecule has 1 N–H and O–H groups in total. The maximum absolute atomic E-state index is 13.1. The number of rotatable bonds is 11. The first-order valence-electron chi connectivity index (χ1n) is 12.8. The third kappa shape index (κ3) is 7.05. The molecular weight excluding hydrogens is 448 g/mol. The van der Waals surface area contributed by atoms with Crippen molar-refractivity contribution in [2.75, 3.05) is 0 Å². The van der Waals surface area contributed by atoms with Crippen LogP contribution < -0.4 is 10.1 Å². The molecule has 2 aliphatic rings. The number of unbranched alkanes of at least 4 members (excludes halogenated alkanes) is 5. The van der Waals surface area contributed by atoms with E-state index >= 15 is 0 Å². The summed E-state index contributed by atoms with van der Waals surface area (Å²) in [4.78, 5) is 51.4. The molecule has 1 saturated heterocycles. The summed E-state index contributed by atoms with van der Waals surface area (Å²) in [7, 11) is 0. The Morgan fingerprint density at radius 3 is 2.51 bits per heavy atom. The summed E-state index contributed by atoms with van der Waals surface area (Å²) in [6.45, 7) is 7.84. The van der Waals surface area contributed by atoms with Gasteiger partial charge in [0.2, 0.25) is 11.8 Å². The number of nitrogens with zero attached hydrogens (tertiary/aromatic N) is 1. The quantitative estimate of drug-likeness (QED) is 0.284. The maximum atomic E-state index is 13.1. The van der Waals surface area contributed by atoms with Gasteiger partial charge in [-0.3, -0.25) is 19.7 Å². The number of fused-ring (bicyclic) bond motifs is 1. The molecule has 8 heteroatoms. The summed E-state index contributed by atoms with van der Waals surface area (Å²) in [6, 6.07) is 4.47. The van der Waals surface area contributed by atoms with E-state index < -0.39 is 29.6 Å². The van der Waals surface area contributed by atoms with Crippen LogP contribution in [0.25, 0.3) is 0 Å². The van der Waals surface area contributed by atoms with E-state index in [1.807, 2.05) is 20.8 Å². The molecule has 3 amide bonds. The van der Waals surface area contributed by atoms with Crippen LogP contribution in [0.1, 0.15) is 101 Å². The Balaban J connectivity index is 1.74. The summed E-state index contributed by atoms with van der Waals surface area (Å²) in [5.74, 6) is -1.03. The third-order valence-corrected chi connectivity index (χ3v) is 6.30. The first-order chi connectivity index (χ1) is 16.6. The lowest BCUT2D eigenvalue weighted by molar-refractivity contribution is -0.163. The Bertz CT molecular complexity index is 951. The molecule has 2 aliphatic heterocycles. The summed E-state index contributed by atoms with van der Waals surface area (Å²) >= 11 is 0. The highest BCUT2D eigenvalue weighted by Crippen LogP contribution is 2.34. The van der Waals surface area contributed by atoms with E-state index in [1.165, 1.54) is 24.2 Å². The molecule has 1 aromatic carbocycles. The normalized spacial score (nSPS) is 18.8. The first-order valence-corrected chi connectivity index (χ1v) is 12.8. The van der Waals surface area contributed by atoms with Crippen LogP contribution in [0.5, 0.6) is 5.75 Å². The van der Waals surface area contributed by atoms with Crippen molar-refractivity contribution in [3.8, 4) is 5.75 Å². The number of nitrogens with one attached hydrogen (secondary N) is 1. The standard InChI is InChI=1S/C27H38N2O6/c1-5-6-7-8-9-10-13-22(26(33)35-27(2,3)4)34-21-14-11-12-18-19(21)17-29(25(18)32)20-15-16-23(30)28-24(20)31/h11-12,14,20,22H,5-10,13,15-17H2,1-4H3,(H,28,30,31). The number of hydrogen-bond donors (Lipinski definition) is 1. The first kappa shape index (κ1) is 26.7. The van der Waals surface area contributed by atoms with Gasteiger partial charge in [0.25, 0.3) is 5.91 Å². The predicted molar refractivity (Wildman–Crippen MR) is 131 cm³/mol. The van der Waals surface area contributed by atoms with Crippen molar-refractivity contribution in [2.45, 2.75) is 110 Å². The van der Waals surface area contributed by atoms with Crippen molar-refractivity contribution in [1.29, 1.82) is 0 Å². The van der Waals surface area contributed by atoms with Crippen molar-refractivity contribution in [3.63, 3.8) is 0 Å². The van der Waals surface area contributed by atoms with Gasteiger partial charge in [-0.2, -0.15) is 0 Å². The van der Waals surface area contributed by atoms with E-state index in [9.17, 15) is 19.2 Å². The minimum atomic E-state index is -0.786. The molecule has 8 nitrogen and oxygen atoms in total. The van der Waals surface area contributed by atoms with Gasteiger partial charge < -0.3 is 14.4 Å². The lowest BCUT2D eigenvalue weighted by Crippen LogP contribution is -2.52. The fourth-order valence-corrected chi connectivity index (χ4v) is 4.52. The molecule has 0 spiro atoms. The van der Waals surface area contributed by atoms with Crippen molar-refractivity contribution < 1.29 is 28.7 Å². The zero-order chi connectivity index (χ0) is 25.6. The average molecular weight is 487 g/mol. The smallest absolute Gasteiger partial charge is 0.347 e. The van der Waals surface area contributed by atoms with Crippen LogP contribution in [0.2, 0.25) is 0 Å². The van der Waals surface area contributed by atoms with Gasteiger partial charge in [-0.1, -0.05) is 45.1 Å². The van der Waals surface area contributed by atoms with Gasteiger partial charge in [-0.15, -0.1) is 0 Å². The van der Waals surface area contributed by atoms with Crippen molar-refractivity contribution in [2.24, 2.45) is 0 Å². The van der Waals surface area contributed by atoms with E-state index in [0.29, 0.717) is 29.7 Å². The van der Waals surface area contributed by atoms with Gasteiger partial charge in [0, 0.05) is 17.5 Å². The molecule has 2 unspecified atom stereocenters. The fourth-order valence-electron chi connectivity index (χ4n) is 4.52. The van der Waals surface area contributed by atoms with Crippen LogP contribution in [0.3, 0.4) is 0 Å². The minimum absolute atomic E-state index is 0.189. The number of benzene rings is 1. The number of carbonyl (C=O) groups excluding carboxylic acids is 4. The molecule has 0 aliphatic carbocycles. The Kier molecular flexibility index (Phi) is 8.92. The molecule has 0 bridgehead atoms. The molecule has 2 atom stereocenters. The topological polar surface area (TPSA) is 102 Å². The fraction of sp³-hybridized carbons (Fsp3) is 0.630. The second kappa shape index (κ2) is 11.7. The Morgan fingerprint density at radius 1 is 1.11 bits per heavy atom. The Morgan fingerprint density at radius 2 is 1.83 bits per heavy atom. The van der Waals surface area contributed by atoms with Crippen LogP contribution in [-0.2, 0) is 25.7 Å². The molecule has 35 heavy (non-hydrogen) atoms. The largest absolute Gasteiger partial charge is 0.478 e. The lowest BCUT2D eigenvalue weighted by Gasteiger charge is -2.29. The van der Waals surface area contributed by atoms with E-state index in [2.05, 4.69) is 12.2 Å². The number of amides is 3. The van der Waals surface area contributed by atoms with Gasteiger partial charge in [0.05, 0.1) is 6.54 Å². The number of piperidine rings is 1. The molecule has 192 valence electrons. The van der Waals surface area contributed by atoms with Crippen molar-refractivity contribution in [1.82, 2.24) is 10.2 Å². The van der Waals surface area contributed by atoms with E-state index in [4.69, 9.17) is 9.47 Å². The van der Waals surface area contributed by atoms with Gasteiger partial charge >= 0.3 is 5.97 Å². The molecule has 0 saturated carbocycles. The highest BCUT2D eigenvalue weighted by molar-refractivity contribution is 6.05. The zero-order valence-electron chi connectivity index (χ0n) is 21.4. The monoisotopic (exact) mass is 486 g/mol. The van der Waals surface area contributed by atoms with E-state index in [1.54, 1.807) is 18.2 Å². The maximum Gasteiger partial charge on any atom is 0.347 e. The predicted octanol–water partition coefficient (Wildman–Crippen LogP) is 4.29. The highest BCUT2D eigenvalue weighted by Gasteiger charge is 2.40. The SMILES string of the molecule is CCCCCCCCC(Oc1cccc2c1CN(C1CCC(=O)NC1=O)C2=O)C(=O)OC(C)(C)C. The molecule has 1 fully saturated rings. The number of carbonyl (C=O) groups is 4. The molecule has 1 aromatic rings. The van der Waals surface area contributed by atoms with E-state index in [0.717, 1.165) is 19.3 Å². The lowest BCUT2D eigenvalue weighted by atomic mass is 10.0. The van der Waals surface area contributed by atoms with Gasteiger partial charge in [0.15, 0.2) is 6.10 Å². The van der Waals surface area contributed by atoms with E-state index in [-0.39, 0.29) is 24.8 Å². The highest BCUT2D eigenvalue weighted by atomic mass is 16.6. The number of esters is 1. The number of ether oxygens (including phenoxy) is 2. The van der Waals surface area contributed by atoms with Crippen LogP contribution in [0, 0.1) is 0 Å². The van der Waals surface area contributed by atoms with Crippen molar-refractivity contribution >= 4 is 23.7 Å². The van der Waals surface area contributed by atoms with Crippen molar-refractivity contribution in [3.05, 3.63) is 29.3 Å². The number of imide groups is 1.